The molecule has 0 amide bonds. The molecule has 36 heavy (non-hydrogen) atoms. The summed E-state index contributed by atoms with van der Waals surface area (Å²) in [7, 11) is -2.55. The van der Waals surface area contributed by atoms with Crippen molar-refractivity contribution in [1.82, 2.24) is 0 Å². The lowest BCUT2D eigenvalue weighted by atomic mass is 10.0. The van der Waals surface area contributed by atoms with Crippen LogP contribution in [0.2, 0.25) is 6.04 Å². The smallest absolute Gasteiger partial charge is 0.494 e. The number of hydrogen-bond donors (Lipinski definition) is 1. The molecule has 1 N–H and O–H groups in total. The molecule has 0 heterocycles. The van der Waals surface area contributed by atoms with Crippen LogP contribution < -0.4 is 4.74 Å². The Morgan fingerprint density at radius 1 is 0.778 bits per heavy atom. The minimum atomic E-state index is -2.55. The maximum Gasteiger partial charge on any atom is 0.500 e. The average molecular weight is 515 g/mol. The van der Waals surface area contributed by atoms with Crippen molar-refractivity contribution >= 4 is 26.6 Å². The van der Waals surface area contributed by atoms with Gasteiger partial charge in [0, 0.05) is 43.1 Å². The Kier molecular flexibility index (Phi) is 13.1. The molecule has 0 aliphatic carbocycles. The molecule has 0 aliphatic heterocycles. The summed E-state index contributed by atoms with van der Waals surface area (Å²) in [6.45, 7) is 8.33. The lowest BCUT2D eigenvalue weighted by Crippen LogP contribution is -2.45. The lowest BCUT2D eigenvalue weighted by molar-refractivity contribution is -0.131. The molecule has 0 atom stereocenters. The van der Waals surface area contributed by atoms with Gasteiger partial charge >= 0.3 is 14.8 Å². The van der Waals surface area contributed by atoms with Crippen LogP contribution in [0, 0.1) is 0 Å². The number of carbonyl (C=O) groups is 2. The van der Waals surface area contributed by atoms with Crippen LogP contribution in [0.15, 0.2) is 54.6 Å². The molecule has 8 heteroatoms. The molecule has 0 bridgehead atoms. The highest BCUT2D eigenvalue weighted by Crippen LogP contribution is 2.21. The van der Waals surface area contributed by atoms with Crippen LogP contribution in [0.25, 0.3) is 6.08 Å². The first-order valence-corrected chi connectivity index (χ1v) is 14.6. The van der Waals surface area contributed by atoms with Crippen molar-refractivity contribution in [3.63, 3.8) is 0 Å². The number of carbonyl (C=O) groups excluding carboxylic acids is 1. The second-order valence-electron chi connectivity index (χ2n) is 8.14. The number of carboxylic acid groups (broad SMARTS) is 1. The third-order valence-corrected chi connectivity index (χ3v) is 8.60. The minimum Gasteiger partial charge on any atom is -0.494 e. The van der Waals surface area contributed by atoms with Gasteiger partial charge in [-0.15, -0.1) is 0 Å². The van der Waals surface area contributed by atoms with Crippen LogP contribution in [-0.4, -0.2) is 52.1 Å². The van der Waals surface area contributed by atoms with E-state index in [1.165, 1.54) is 6.08 Å². The Labute approximate surface area is 215 Å². The molecule has 0 spiro atoms. The second kappa shape index (κ2) is 16.1. The van der Waals surface area contributed by atoms with Gasteiger partial charge in [0.25, 0.3) is 0 Å². The number of benzene rings is 2. The van der Waals surface area contributed by atoms with Gasteiger partial charge in [0.2, 0.25) is 0 Å². The Morgan fingerprint density at radius 2 is 1.31 bits per heavy atom. The number of ether oxygens (including phenoxy) is 1. The molecular weight excluding hydrogens is 476 g/mol. The molecule has 0 radical (unpaired) electrons. The van der Waals surface area contributed by atoms with Gasteiger partial charge in [0.05, 0.1) is 6.61 Å². The van der Waals surface area contributed by atoms with Crippen LogP contribution in [0.4, 0.5) is 0 Å². The van der Waals surface area contributed by atoms with Crippen LogP contribution in [-0.2, 0) is 18.1 Å². The largest absolute Gasteiger partial charge is 0.500 e. The molecule has 0 saturated heterocycles. The van der Waals surface area contributed by atoms with Gasteiger partial charge in [0.1, 0.15) is 5.75 Å². The summed E-state index contributed by atoms with van der Waals surface area (Å²) in [5, 5.41) is 8.70. The highest BCUT2D eigenvalue weighted by molar-refractivity contribution is 6.60. The van der Waals surface area contributed by atoms with E-state index >= 15 is 0 Å². The van der Waals surface area contributed by atoms with Crippen LogP contribution in [0.5, 0.6) is 5.75 Å². The maximum atomic E-state index is 12.7. The number of carboxylic acids is 1. The van der Waals surface area contributed by atoms with Crippen LogP contribution in [0.3, 0.4) is 0 Å². The summed E-state index contributed by atoms with van der Waals surface area (Å²) in [6.07, 6.45) is 6.59. The van der Waals surface area contributed by atoms with E-state index < -0.39 is 14.8 Å². The summed E-state index contributed by atoms with van der Waals surface area (Å²) in [5.41, 5.74) is 1.83. The Morgan fingerprint density at radius 3 is 1.83 bits per heavy atom. The molecule has 0 aromatic heterocycles. The molecule has 0 saturated carbocycles. The van der Waals surface area contributed by atoms with Crippen molar-refractivity contribution in [3.05, 3.63) is 71.3 Å². The fourth-order valence-corrected chi connectivity index (χ4v) is 6.46. The molecule has 0 fully saturated rings. The van der Waals surface area contributed by atoms with Crippen molar-refractivity contribution < 1.29 is 32.7 Å². The van der Waals surface area contributed by atoms with Gasteiger partial charge < -0.3 is 23.1 Å². The average Bonchev–Trinajstić information content (AvgIpc) is 2.87. The van der Waals surface area contributed by atoms with Crippen molar-refractivity contribution in [2.45, 2.75) is 52.5 Å². The van der Waals surface area contributed by atoms with Gasteiger partial charge in [-0.1, -0.05) is 37.1 Å². The van der Waals surface area contributed by atoms with E-state index in [0.29, 0.717) is 37.6 Å². The monoisotopic (exact) mass is 514 g/mol. The molecular formula is C28H38O7Si. The topological polar surface area (TPSA) is 91.3 Å². The van der Waals surface area contributed by atoms with E-state index in [1.54, 1.807) is 36.4 Å². The predicted molar refractivity (Wildman–Crippen MR) is 142 cm³/mol. The van der Waals surface area contributed by atoms with E-state index in [-0.39, 0.29) is 5.78 Å². The maximum absolute atomic E-state index is 12.7. The number of ketones is 1. The molecule has 7 nitrogen and oxygen atoms in total. The van der Waals surface area contributed by atoms with E-state index in [0.717, 1.165) is 49.1 Å². The van der Waals surface area contributed by atoms with Gasteiger partial charge in [-0.25, -0.2) is 4.79 Å². The highest BCUT2D eigenvalue weighted by atomic mass is 28.4. The fourth-order valence-electron chi connectivity index (χ4n) is 3.77. The van der Waals surface area contributed by atoms with Crippen molar-refractivity contribution in [2.75, 3.05) is 26.4 Å². The Balaban J connectivity index is 1.74. The minimum absolute atomic E-state index is 0.0962. The predicted octanol–water partition coefficient (Wildman–Crippen LogP) is 6.00. The summed E-state index contributed by atoms with van der Waals surface area (Å²) < 4.78 is 23.5. The van der Waals surface area contributed by atoms with Crippen molar-refractivity contribution in [3.8, 4) is 5.75 Å². The van der Waals surface area contributed by atoms with Gasteiger partial charge in [0.15, 0.2) is 5.78 Å². The fraction of sp³-hybridized carbons (Fsp3) is 0.429. The summed E-state index contributed by atoms with van der Waals surface area (Å²) in [4.78, 5) is 23.3. The molecule has 2 aromatic rings. The van der Waals surface area contributed by atoms with Gasteiger partial charge in [-0.05, 0) is 69.5 Å². The summed E-state index contributed by atoms with van der Waals surface area (Å²) in [6, 6.07) is 14.8. The zero-order valence-electron chi connectivity index (χ0n) is 21.5. The van der Waals surface area contributed by atoms with Gasteiger partial charge in [-0.2, -0.15) is 0 Å². The number of hydrogen-bond acceptors (Lipinski definition) is 6. The Hall–Kier alpha value is -2.78. The second-order valence-corrected chi connectivity index (χ2v) is 10.9. The molecule has 0 unspecified atom stereocenters. The van der Waals surface area contributed by atoms with E-state index in [4.69, 9.17) is 23.1 Å². The van der Waals surface area contributed by atoms with Crippen LogP contribution >= 0.6 is 0 Å². The highest BCUT2D eigenvalue weighted by Gasteiger charge is 2.39. The standard InChI is InChI=1S/C28H38O7Si/c1-4-33-36(34-5-2,35-6-3)22-10-8-7-9-21-32-26-18-16-25(17-19-26)28(31)24-14-11-23(12-15-24)13-20-27(29)30/h11-20H,4-10,21-22H2,1-3H3,(H,29,30)/b20-13+. The Bertz CT molecular complexity index is 938. The van der Waals surface area contributed by atoms with E-state index in [1.807, 2.05) is 32.9 Å². The summed E-state index contributed by atoms with van der Waals surface area (Å²) >= 11 is 0. The number of unbranched alkanes of at least 4 members (excludes halogenated alkanes) is 3. The lowest BCUT2D eigenvalue weighted by Gasteiger charge is -2.28. The normalized spacial score (nSPS) is 11.6. The molecule has 2 rings (SSSR count). The SMILES string of the molecule is CCO[Si](CCCCCCOc1ccc(C(=O)c2ccc(/C=C/C(=O)O)cc2)cc1)(OCC)OCC. The molecule has 196 valence electrons. The van der Waals surface area contributed by atoms with Crippen molar-refractivity contribution in [1.29, 1.82) is 0 Å². The summed E-state index contributed by atoms with van der Waals surface area (Å²) in [5.74, 6) is -0.375. The van der Waals surface area contributed by atoms with E-state index in [9.17, 15) is 9.59 Å². The first kappa shape index (κ1) is 29.4. The van der Waals surface area contributed by atoms with E-state index in [2.05, 4.69) is 0 Å². The number of aliphatic carboxylic acids is 1. The third-order valence-electron chi connectivity index (χ3n) is 5.45. The number of rotatable bonds is 18. The molecule has 2 aromatic carbocycles. The first-order chi connectivity index (χ1) is 17.4. The molecule has 0 aliphatic rings. The first-order valence-electron chi connectivity index (χ1n) is 12.6. The van der Waals surface area contributed by atoms with Crippen molar-refractivity contribution in [2.24, 2.45) is 0 Å². The quantitative estimate of drug-likeness (QED) is 0.113. The zero-order valence-corrected chi connectivity index (χ0v) is 22.5. The third kappa shape index (κ3) is 10.1. The van der Waals surface area contributed by atoms with Gasteiger partial charge in [-0.3, -0.25) is 4.79 Å². The zero-order chi connectivity index (χ0) is 26.2. The van der Waals surface area contributed by atoms with Crippen LogP contribution in [0.1, 0.15) is 67.9 Å².